The van der Waals surface area contributed by atoms with E-state index in [0.717, 1.165) is 11.4 Å². The van der Waals surface area contributed by atoms with Gasteiger partial charge in [0.05, 0.1) is 11.4 Å². The number of rotatable bonds is 2. The molecule has 0 N–H and O–H groups in total. The smallest absolute Gasteiger partial charge is 0.0833 e. The molecule has 0 heterocycles. The summed E-state index contributed by atoms with van der Waals surface area (Å²) in [5, 5.41) is 12.1. The summed E-state index contributed by atoms with van der Waals surface area (Å²) in [7, 11) is 7.60. The number of allylic oxidation sites excluding steroid dienone is 4. The van der Waals surface area contributed by atoms with Crippen molar-refractivity contribution in [3.63, 3.8) is 0 Å². The van der Waals surface area contributed by atoms with Crippen LogP contribution in [-0.4, -0.2) is 49.6 Å². The first-order valence-electron chi connectivity index (χ1n) is 4.46. The van der Waals surface area contributed by atoms with E-state index in [-0.39, 0.29) is 0 Å². The minimum atomic E-state index is 0.938. The predicted molar refractivity (Wildman–Crippen MR) is 60.5 cm³/mol. The third-order valence-corrected chi connectivity index (χ3v) is 1.48. The summed E-state index contributed by atoms with van der Waals surface area (Å²) in [6.45, 7) is 0. The Kier molecular flexibility index (Phi) is 3.45. The standard InChI is InChI=1S/C10H16N4/c1-13(2)11-9-5-7-10(8-6-9)12-14(3)4/h5-8H,1-4H3. The third-order valence-electron chi connectivity index (χ3n) is 1.48. The highest BCUT2D eigenvalue weighted by Gasteiger charge is 1.99. The van der Waals surface area contributed by atoms with Gasteiger partial charge in [-0.1, -0.05) is 0 Å². The Morgan fingerprint density at radius 3 is 1.21 bits per heavy atom. The van der Waals surface area contributed by atoms with Crippen LogP contribution in [0.25, 0.3) is 0 Å². The van der Waals surface area contributed by atoms with Crippen molar-refractivity contribution in [1.82, 2.24) is 10.0 Å². The van der Waals surface area contributed by atoms with Crippen LogP contribution in [0.15, 0.2) is 34.5 Å². The monoisotopic (exact) mass is 192 g/mol. The molecule has 0 saturated carbocycles. The van der Waals surface area contributed by atoms with Crippen LogP contribution in [0.2, 0.25) is 0 Å². The molecular formula is C10H16N4. The van der Waals surface area contributed by atoms with Gasteiger partial charge in [0.15, 0.2) is 0 Å². The molecule has 0 aromatic carbocycles. The quantitative estimate of drug-likeness (QED) is 0.482. The Balaban J connectivity index is 2.71. The van der Waals surface area contributed by atoms with Crippen LogP contribution in [0.4, 0.5) is 0 Å². The second-order valence-electron chi connectivity index (χ2n) is 3.41. The molecule has 0 bridgehead atoms. The molecule has 0 saturated heterocycles. The second-order valence-corrected chi connectivity index (χ2v) is 3.41. The molecule has 0 radical (unpaired) electrons. The van der Waals surface area contributed by atoms with Crippen LogP contribution in [0.1, 0.15) is 0 Å². The SMILES string of the molecule is CN(C)N=C1C=CC(=NN(C)C)C=C1. The number of hydrazone groups is 2. The lowest BCUT2D eigenvalue weighted by Gasteiger charge is -2.09. The molecule has 0 spiro atoms. The number of nitrogens with zero attached hydrogens (tertiary/aromatic N) is 4. The van der Waals surface area contributed by atoms with E-state index in [2.05, 4.69) is 10.2 Å². The van der Waals surface area contributed by atoms with E-state index in [0.29, 0.717) is 0 Å². The van der Waals surface area contributed by atoms with Crippen molar-refractivity contribution in [2.24, 2.45) is 10.2 Å². The second kappa shape index (κ2) is 4.60. The maximum Gasteiger partial charge on any atom is 0.0833 e. The van der Waals surface area contributed by atoms with Crippen molar-refractivity contribution >= 4 is 11.4 Å². The molecule has 0 atom stereocenters. The molecule has 0 fully saturated rings. The average Bonchev–Trinajstić information content (AvgIpc) is 2.06. The van der Waals surface area contributed by atoms with Crippen LogP contribution in [0.5, 0.6) is 0 Å². The van der Waals surface area contributed by atoms with E-state index < -0.39 is 0 Å². The van der Waals surface area contributed by atoms with Gasteiger partial charge in [-0.25, -0.2) is 0 Å². The summed E-state index contributed by atoms with van der Waals surface area (Å²) < 4.78 is 0. The van der Waals surface area contributed by atoms with Crippen LogP contribution in [0.3, 0.4) is 0 Å². The minimum absolute atomic E-state index is 0.938. The Morgan fingerprint density at radius 1 is 0.714 bits per heavy atom. The van der Waals surface area contributed by atoms with Crippen LogP contribution in [-0.2, 0) is 0 Å². The molecule has 14 heavy (non-hydrogen) atoms. The zero-order valence-corrected chi connectivity index (χ0v) is 9.10. The van der Waals surface area contributed by atoms with Crippen LogP contribution >= 0.6 is 0 Å². The van der Waals surface area contributed by atoms with E-state index in [9.17, 15) is 0 Å². The largest absolute Gasteiger partial charge is 0.303 e. The summed E-state index contributed by atoms with van der Waals surface area (Å²) in [6, 6.07) is 0. The van der Waals surface area contributed by atoms with Gasteiger partial charge in [-0.15, -0.1) is 0 Å². The molecule has 0 unspecified atom stereocenters. The first kappa shape index (κ1) is 10.5. The Hall–Kier alpha value is -1.58. The maximum absolute atomic E-state index is 4.26. The van der Waals surface area contributed by atoms with Gasteiger partial charge in [0.1, 0.15) is 0 Å². The van der Waals surface area contributed by atoms with E-state index in [4.69, 9.17) is 0 Å². The topological polar surface area (TPSA) is 31.2 Å². The fraction of sp³-hybridized carbons (Fsp3) is 0.400. The molecule has 4 nitrogen and oxygen atoms in total. The van der Waals surface area contributed by atoms with Crippen molar-refractivity contribution in [1.29, 1.82) is 0 Å². The summed E-state index contributed by atoms with van der Waals surface area (Å²) >= 11 is 0. The first-order chi connectivity index (χ1) is 6.58. The zero-order valence-electron chi connectivity index (χ0n) is 9.10. The predicted octanol–water partition coefficient (Wildman–Crippen LogP) is 0.948. The van der Waals surface area contributed by atoms with E-state index in [1.807, 2.05) is 52.5 Å². The molecule has 0 amide bonds. The fourth-order valence-electron chi connectivity index (χ4n) is 1.05. The molecule has 1 aliphatic rings. The highest BCUT2D eigenvalue weighted by Crippen LogP contribution is 1.99. The molecular weight excluding hydrogens is 176 g/mol. The lowest BCUT2D eigenvalue weighted by atomic mass is 10.1. The lowest BCUT2D eigenvalue weighted by molar-refractivity contribution is 0.438. The average molecular weight is 192 g/mol. The first-order valence-corrected chi connectivity index (χ1v) is 4.46. The minimum Gasteiger partial charge on any atom is -0.303 e. The van der Waals surface area contributed by atoms with Crippen molar-refractivity contribution in [3.05, 3.63) is 24.3 Å². The molecule has 0 aliphatic heterocycles. The maximum atomic E-state index is 4.26. The molecule has 0 aromatic heterocycles. The van der Waals surface area contributed by atoms with Gasteiger partial charge in [-0.2, -0.15) is 10.2 Å². The van der Waals surface area contributed by atoms with Gasteiger partial charge in [0.2, 0.25) is 0 Å². The number of hydrogen-bond donors (Lipinski definition) is 0. The van der Waals surface area contributed by atoms with Gasteiger partial charge in [0.25, 0.3) is 0 Å². The van der Waals surface area contributed by atoms with Crippen LogP contribution < -0.4 is 0 Å². The Bertz CT molecular complexity index is 260. The number of hydrogen-bond acceptors (Lipinski definition) is 4. The zero-order chi connectivity index (χ0) is 10.6. The van der Waals surface area contributed by atoms with Crippen LogP contribution in [0, 0.1) is 0 Å². The molecule has 0 aromatic rings. The highest BCUT2D eigenvalue weighted by atomic mass is 15.4. The van der Waals surface area contributed by atoms with E-state index in [1.165, 1.54) is 0 Å². The third kappa shape index (κ3) is 3.43. The van der Waals surface area contributed by atoms with Gasteiger partial charge in [-0.3, -0.25) is 0 Å². The molecule has 1 aliphatic carbocycles. The molecule has 76 valence electrons. The van der Waals surface area contributed by atoms with E-state index >= 15 is 0 Å². The summed E-state index contributed by atoms with van der Waals surface area (Å²) in [5.41, 5.74) is 1.88. The van der Waals surface area contributed by atoms with Crippen molar-refractivity contribution in [2.45, 2.75) is 0 Å². The fourth-order valence-corrected chi connectivity index (χ4v) is 1.05. The lowest BCUT2D eigenvalue weighted by Crippen LogP contribution is -2.10. The Labute approximate surface area is 84.9 Å². The molecule has 1 rings (SSSR count). The van der Waals surface area contributed by atoms with Crippen molar-refractivity contribution < 1.29 is 0 Å². The van der Waals surface area contributed by atoms with Gasteiger partial charge in [0, 0.05) is 28.2 Å². The van der Waals surface area contributed by atoms with Gasteiger partial charge < -0.3 is 10.0 Å². The Morgan fingerprint density at radius 2 is 1.00 bits per heavy atom. The summed E-state index contributed by atoms with van der Waals surface area (Å²) in [5.74, 6) is 0. The normalized spacial score (nSPS) is 14.3. The van der Waals surface area contributed by atoms with Gasteiger partial charge in [-0.05, 0) is 24.3 Å². The summed E-state index contributed by atoms with van der Waals surface area (Å²) in [6.07, 6.45) is 7.79. The van der Waals surface area contributed by atoms with Crippen molar-refractivity contribution in [2.75, 3.05) is 28.2 Å². The van der Waals surface area contributed by atoms with E-state index in [1.54, 1.807) is 10.0 Å². The summed E-state index contributed by atoms with van der Waals surface area (Å²) in [4.78, 5) is 0. The molecule has 4 heteroatoms. The van der Waals surface area contributed by atoms with Crippen molar-refractivity contribution in [3.8, 4) is 0 Å². The highest BCUT2D eigenvalue weighted by molar-refractivity contribution is 6.18. The van der Waals surface area contributed by atoms with Gasteiger partial charge >= 0.3 is 0 Å².